The monoisotopic (exact) mass is 498 g/mol. The van der Waals surface area contributed by atoms with Crippen LogP contribution in [0.4, 0.5) is 0 Å². The molecule has 0 bridgehead atoms. The van der Waals surface area contributed by atoms with Gasteiger partial charge in [0.25, 0.3) is 0 Å². The predicted octanol–water partition coefficient (Wildman–Crippen LogP) is 8.78. The topological polar surface area (TPSA) is 57.9 Å². The fourth-order valence-electron chi connectivity index (χ4n) is 3.98. The smallest absolute Gasteiger partial charge is 0.383 e. The van der Waals surface area contributed by atoms with E-state index < -0.39 is 5.63 Å². The minimum Gasteiger partial charge on any atom is -0.489 e. The number of fused-ring (bicyclic) bond motifs is 1. The molecule has 0 saturated heterocycles. The van der Waals surface area contributed by atoms with Crippen LogP contribution in [0.3, 0.4) is 0 Å². The minimum atomic E-state index is -0.525. The van der Waals surface area contributed by atoms with Gasteiger partial charge in [0.05, 0.1) is 25.2 Å². The highest BCUT2D eigenvalue weighted by Crippen LogP contribution is 2.37. The quantitative estimate of drug-likeness (QED) is 0.104. The van der Waals surface area contributed by atoms with E-state index in [0.717, 1.165) is 38.5 Å². The molecule has 5 nitrogen and oxygen atoms in total. The van der Waals surface area contributed by atoms with Crippen LogP contribution in [0.2, 0.25) is 0 Å². The largest absolute Gasteiger partial charge is 0.489 e. The summed E-state index contributed by atoms with van der Waals surface area (Å²) in [5.74, 6) is 1.15. The third kappa shape index (κ3) is 10.5. The van der Waals surface area contributed by atoms with Crippen molar-refractivity contribution in [1.29, 1.82) is 0 Å². The van der Waals surface area contributed by atoms with Crippen LogP contribution >= 0.6 is 0 Å². The third-order valence-electron chi connectivity index (χ3n) is 5.93. The van der Waals surface area contributed by atoms with E-state index in [4.69, 9.17) is 18.6 Å². The maximum absolute atomic E-state index is 13.0. The van der Waals surface area contributed by atoms with Gasteiger partial charge in [-0.05, 0) is 44.2 Å². The Balaban J connectivity index is 2.12. The molecule has 1 aromatic carbocycles. The first kappa shape index (κ1) is 29.5. The summed E-state index contributed by atoms with van der Waals surface area (Å²) in [6, 6.07) is 5.61. The Bertz CT molecular complexity index is 973. The molecule has 0 unspecified atom stereocenters. The highest BCUT2D eigenvalue weighted by Gasteiger charge is 2.20. The first-order valence-corrected chi connectivity index (χ1v) is 14.0. The maximum Gasteiger partial charge on any atom is 0.383 e. The summed E-state index contributed by atoms with van der Waals surface area (Å²) >= 11 is 0. The van der Waals surface area contributed by atoms with Gasteiger partial charge in [0.2, 0.25) is 5.75 Å². The standard InChI is InChI=1S/C31H46O5/c1-4-7-10-13-14-15-16-19-25-35-30-29(34-24-18-12-9-6-3)26-21-20-22-27(28(26)36-31(30)32)33-23-17-11-8-5-2/h8-9,11-12,20-22H,4-7,10,13-19,23-25H2,1-3H3. The summed E-state index contributed by atoms with van der Waals surface area (Å²) in [6.45, 7) is 7.87. The molecule has 0 fully saturated rings. The summed E-state index contributed by atoms with van der Waals surface area (Å²) in [4.78, 5) is 13.0. The van der Waals surface area contributed by atoms with Crippen molar-refractivity contribution in [2.75, 3.05) is 19.8 Å². The molecule has 200 valence electrons. The zero-order valence-corrected chi connectivity index (χ0v) is 22.7. The molecule has 1 aromatic heterocycles. The number of hydrogen-bond acceptors (Lipinski definition) is 5. The molecule has 0 aliphatic heterocycles. The molecule has 5 heteroatoms. The molecule has 0 atom stereocenters. The average molecular weight is 499 g/mol. The predicted molar refractivity (Wildman–Crippen MR) is 150 cm³/mol. The maximum atomic E-state index is 13.0. The van der Waals surface area contributed by atoms with Gasteiger partial charge in [0.15, 0.2) is 17.1 Å². The molecule has 0 amide bonds. The number of allylic oxidation sites excluding steroid dienone is 2. The second kappa shape index (κ2) is 18.6. The minimum absolute atomic E-state index is 0.160. The molecule has 2 aromatic rings. The molecule has 0 aliphatic rings. The molecule has 36 heavy (non-hydrogen) atoms. The summed E-state index contributed by atoms with van der Waals surface area (Å²) in [7, 11) is 0. The van der Waals surface area contributed by atoms with Crippen molar-refractivity contribution in [2.24, 2.45) is 0 Å². The normalized spacial score (nSPS) is 11.6. The Morgan fingerprint density at radius 2 is 1.31 bits per heavy atom. The van der Waals surface area contributed by atoms with Crippen LogP contribution in [0, 0.1) is 0 Å². The summed E-state index contributed by atoms with van der Waals surface area (Å²) in [6.07, 6.45) is 21.6. The van der Waals surface area contributed by atoms with E-state index in [2.05, 4.69) is 45.1 Å². The number of ether oxygens (including phenoxy) is 3. The Morgan fingerprint density at radius 1 is 0.694 bits per heavy atom. The second-order valence-corrected chi connectivity index (χ2v) is 9.04. The number of unbranched alkanes of at least 4 members (excludes halogenated alkanes) is 7. The van der Waals surface area contributed by atoms with Crippen LogP contribution in [0.5, 0.6) is 17.2 Å². The molecule has 0 spiro atoms. The van der Waals surface area contributed by atoms with E-state index in [-0.39, 0.29) is 5.75 Å². The van der Waals surface area contributed by atoms with E-state index in [1.807, 2.05) is 18.2 Å². The number of hydrogen-bond donors (Lipinski definition) is 0. The van der Waals surface area contributed by atoms with Crippen molar-refractivity contribution in [1.82, 2.24) is 0 Å². The molecule has 0 aliphatic carbocycles. The fraction of sp³-hybridized carbons (Fsp3) is 0.581. The van der Waals surface area contributed by atoms with Crippen molar-refractivity contribution in [2.45, 2.75) is 97.8 Å². The van der Waals surface area contributed by atoms with E-state index in [9.17, 15) is 4.79 Å². The Morgan fingerprint density at radius 3 is 1.97 bits per heavy atom. The number of benzene rings is 1. The fourth-order valence-corrected chi connectivity index (χ4v) is 3.98. The van der Waals surface area contributed by atoms with Gasteiger partial charge < -0.3 is 18.6 Å². The molecular weight excluding hydrogens is 452 g/mol. The van der Waals surface area contributed by atoms with Crippen molar-refractivity contribution in [3.05, 3.63) is 52.9 Å². The third-order valence-corrected chi connectivity index (χ3v) is 5.93. The van der Waals surface area contributed by atoms with E-state index in [1.54, 1.807) is 0 Å². The first-order valence-electron chi connectivity index (χ1n) is 14.0. The summed E-state index contributed by atoms with van der Waals surface area (Å²) in [5.41, 5.74) is -0.122. The van der Waals surface area contributed by atoms with Gasteiger partial charge >= 0.3 is 5.63 Å². The zero-order valence-electron chi connectivity index (χ0n) is 22.7. The van der Waals surface area contributed by atoms with Crippen molar-refractivity contribution >= 4 is 11.0 Å². The number of rotatable bonds is 20. The van der Waals surface area contributed by atoms with Crippen LogP contribution in [0.1, 0.15) is 97.8 Å². The highest BCUT2D eigenvalue weighted by molar-refractivity contribution is 5.89. The molecular formula is C31H46O5. The molecule has 2 rings (SSSR count). The molecule has 0 saturated carbocycles. The van der Waals surface area contributed by atoms with Crippen molar-refractivity contribution < 1.29 is 18.6 Å². The first-order chi connectivity index (χ1) is 17.7. The van der Waals surface area contributed by atoms with Gasteiger partial charge in [-0.25, -0.2) is 4.79 Å². The van der Waals surface area contributed by atoms with Gasteiger partial charge in [0.1, 0.15) is 0 Å². The van der Waals surface area contributed by atoms with Crippen LogP contribution in [0.25, 0.3) is 11.0 Å². The second-order valence-electron chi connectivity index (χ2n) is 9.04. The number of para-hydroxylation sites is 1. The zero-order chi connectivity index (χ0) is 25.8. The van der Waals surface area contributed by atoms with E-state index in [0.29, 0.717) is 42.3 Å². The highest BCUT2D eigenvalue weighted by atomic mass is 16.5. The summed E-state index contributed by atoms with van der Waals surface area (Å²) in [5, 5.41) is 0.696. The molecule has 1 heterocycles. The average Bonchev–Trinajstić information content (AvgIpc) is 2.88. The van der Waals surface area contributed by atoms with Gasteiger partial charge in [-0.15, -0.1) is 0 Å². The van der Waals surface area contributed by atoms with E-state index >= 15 is 0 Å². The van der Waals surface area contributed by atoms with Crippen LogP contribution in [-0.4, -0.2) is 19.8 Å². The van der Waals surface area contributed by atoms with Gasteiger partial charge in [-0.1, -0.05) is 96.1 Å². The van der Waals surface area contributed by atoms with Gasteiger partial charge in [-0.3, -0.25) is 0 Å². The molecule has 0 N–H and O–H groups in total. The van der Waals surface area contributed by atoms with Gasteiger partial charge in [0, 0.05) is 0 Å². The van der Waals surface area contributed by atoms with Crippen LogP contribution in [-0.2, 0) is 0 Å². The van der Waals surface area contributed by atoms with Crippen LogP contribution in [0.15, 0.2) is 51.7 Å². The van der Waals surface area contributed by atoms with Crippen LogP contribution < -0.4 is 19.8 Å². The lowest BCUT2D eigenvalue weighted by atomic mass is 10.1. The lowest BCUT2D eigenvalue weighted by Crippen LogP contribution is -2.12. The van der Waals surface area contributed by atoms with E-state index in [1.165, 1.54) is 38.5 Å². The lowest BCUT2D eigenvalue weighted by molar-refractivity contribution is 0.255. The van der Waals surface area contributed by atoms with Crippen molar-refractivity contribution in [3.63, 3.8) is 0 Å². The summed E-state index contributed by atoms with van der Waals surface area (Å²) < 4.78 is 23.7. The Hall–Kier alpha value is -2.69. The SMILES string of the molecule is CCC=CCCOc1c(OCCCCCCCCCC)c(=O)oc2c(OCCC=CCC)cccc12. The molecule has 0 radical (unpaired) electrons. The van der Waals surface area contributed by atoms with Crippen molar-refractivity contribution in [3.8, 4) is 17.2 Å². The Labute approximate surface area is 217 Å². The van der Waals surface area contributed by atoms with Gasteiger partial charge in [-0.2, -0.15) is 0 Å². The Kier molecular flexibility index (Phi) is 15.2. The lowest BCUT2D eigenvalue weighted by Gasteiger charge is -2.15.